The highest BCUT2D eigenvalue weighted by molar-refractivity contribution is 7.08. The molecular weight excluding hydrogens is 272 g/mol. The van der Waals surface area contributed by atoms with Crippen LogP contribution in [0.15, 0.2) is 0 Å². The summed E-state index contributed by atoms with van der Waals surface area (Å²) in [7, 11) is 0. The Labute approximate surface area is 125 Å². The molecule has 0 unspecified atom stereocenters. The van der Waals surface area contributed by atoms with Crippen molar-refractivity contribution in [2.75, 3.05) is 19.6 Å². The second-order valence-electron chi connectivity index (χ2n) is 5.89. The van der Waals surface area contributed by atoms with Gasteiger partial charge in [0.05, 0.1) is 5.69 Å². The average Bonchev–Trinajstić information content (AvgIpc) is 2.86. The molecule has 0 aliphatic heterocycles. The first-order chi connectivity index (χ1) is 9.45. The van der Waals surface area contributed by atoms with Gasteiger partial charge < -0.3 is 10.6 Å². The van der Waals surface area contributed by atoms with Crippen LogP contribution in [0.3, 0.4) is 0 Å². The fraction of sp³-hybridized carbons (Fsp3) is 0.786. The van der Waals surface area contributed by atoms with E-state index < -0.39 is 0 Å². The molecule has 1 aromatic heterocycles. The molecule has 1 rings (SSSR count). The van der Waals surface area contributed by atoms with Crippen molar-refractivity contribution in [3.8, 4) is 0 Å². The molecule has 0 spiro atoms. The zero-order valence-corrected chi connectivity index (χ0v) is 13.8. The van der Waals surface area contributed by atoms with E-state index in [9.17, 15) is 4.79 Å². The fourth-order valence-corrected chi connectivity index (χ4v) is 2.70. The Morgan fingerprint density at radius 3 is 2.60 bits per heavy atom. The number of nitrogens with zero attached hydrogens (tertiary/aromatic N) is 3. The molecule has 0 bridgehead atoms. The Morgan fingerprint density at radius 1 is 1.35 bits per heavy atom. The second kappa shape index (κ2) is 7.69. The van der Waals surface area contributed by atoms with Gasteiger partial charge in [-0.25, -0.2) is 0 Å². The zero-order chi connectivity index (χ0) is 15.2. The minimum atomic E-state index is -0.0755. The molecule has 0 radical (unpaired) electrons. The molecule has 114 valence electrons. The van der Waals surface area contributed by atoms with Crippen molar-refractivity contribution < 1.29 is 4.79 Å². The van der Waals surface area contributed by atoms with E-state index in [2.05, 4.69) is 37.3 Å². The van der Waals surface area contributed by atoms with Crippen LogP contribution in [0, 0.1) is 5.41 Å². The van der Waals surface area contributed by atoms with Crippen molar-refractivity contribution in [2.45, 2.75) is 47.0 Å². The minimum absolute atomic E-state index is 0.0480. The van der Waals surface area contributed by atoms with E-state index >= 15 is 0 Å². The Bertz CT molecular complexity index is 431. The quantitative estimate of drug-likeness (QED) is 0.799. The Hall–Kier alpha value is -1.01. The van der Waals surface area contributed by atoms with Crippen LogP contribution in [-0.2, 0) is 6.42 Å². The molecule has 0 saturated heterocycles. The number of aromatic nitrogens is 2. The molecular formula is C14H26N4OS. The van der Waals surface area contributed by atoms with Gasteiger partial charge in [-0.15, -0.1) is 5.10 Å². The summed E-state index contributed by atoms with van der Waals surface area (Å²) < 4.78 is 3.94. The van der Waals surface area contributed by atoms with Crippen molar-refractivity contribution in [3.05, 3.63) is 10.6 Å². The number of rotatable bonds is 8. The van der Waals surface area contributed by atoms with E-state index in [1.54, 1.807) is 0 Å². The predicted molar refractivity (Wildman–Crippen MR) is 82.9 cm³/mol. The van der Waals surface area contributed by atoms with E-state index in [0.29, 0.717) is 18.0 Å². The molecule has 0 aliphatic carbocycles. The highest BCUT2D eigenvalue weighted by atomic mass is 32.1. The van der Waals surface area contributed by atoms with Gasteiger partial charge in [0, 0.05) is 13.1 Å². The van der Waals surface area contributed by atoms with Crippen molar-refractivity contribution >= 4 is 17.4 Å². The molecule has 5 nitrogen and oxygen atoms in total. The average molecular weight is 298 g/mol. The summed E-state index contributed by atoms with van der Waals surface area (Å²) in [6.07, 6.45) is 2.70. The lowest BCUT2D eigenvalue weighted by Crippen LogP contribution is -2.42. The molecule has 1 heterocycles. The number of aryl methyl sites for hydroxylation is 1. The summed E-state index contributed by atoms with van der Waals surface area (Å²) in [4.78, 5) is 15.3. The van der Waals surface area contributed by atoms with Crippen LogP contribution in [0.5, 0.6) is 0 Å². The molecule has 0 atom stereocenters. The normalized spacial score (nSPS) is 11.7. The maximum atomic E-state index is 12.7. The van der Waals surface area contributed by atoms with Gasteiger partial charge >= 0.3 is 0 Å². The molecule has 0 saturated carbocycles. The molecule has 0 fully saturated rings. The summed E-state index contributed by atoms with van der Waals surface area (Å²) in [5.74, 6) is 0.0480. The lowest BCUT2D eigenvalue weighted by Gasteiger charge is -2.31. The summed E-state index contributed by atoms with van der Waals surface area (Å²) in [5.41, 5.74) is 6.54. The van der Waals surface area contributed by atoms with E-state index in [-0.39, 0.29) is 11.3 Å². The molecule has 1 aromatic rings. The predicted octanol–water partition coefficient (Wildman–Crippen LogP) is 2.33. The monoisotopic (exact) mass is 298 g/mol. The van der Waals surface area contributed by atoms with Crippen LogP contribution in [0.4, 0.5) is 0 Å². The number of carbonyl (C=O) groups excluding carboxylic acids is 1. The van der Waals surface area contributed by atoms with Crippen molar-refractivity contribution in [3.63, 3.8) is 0 Å². The van der Waals surface area contributed by atoms with E-state index in [4.69, 9.17) is 5.73 Å². The van der Waals surface area contributed by atoms with Gasteiger partial charge in [0.25, 0.3) is 5.91 Å². The first-order valence-corrected chi connectivity index (χ1v) is 8.03. The van der Waals surface area contributed by atoms with Crippen LogP contribution in [0.25, 0.3) is 0 Å². The van der Waals surface area contributed by atoms with Gasteiger partial charge in [-0.2, -0.15) is 0 Å². The number of nitrogens with two attached hydrogens (primary N) is 1. The SMILES string of the molecule is CCCc1nnsc1C(=O)N(CCC)CC(C)(C)CN. The van der Waals surface area contributed by atoms with E-state index in [1.165, 1.54) is 11.5 Å². The molecule has 6 heteroatoms. The summed E-state index contributed by atoms with van der Waals surface area (Å²) in [6, 6.07) is 0. The van der Waals surface area contributed by atoms with Gasteiger partial charge in [0.1, 0.15) is 4.88 Å². The van der Waals surface area contributed by atoms with Gasteiger partial charge in [0.2, 0.25) is 0 Å². The van der Waals surface area contributed by atoms with Crippen LogP contribution in [0.2, 0.25) is 0 Å². The van der Waals surface area contributed by atoms with Gasteiger partial charge in [-0.05, 0) is 36.3 Å². The minimum Gasteiger partial charge on any atom is -0.337 e. The van der Waals surface area contributed by atoms with Crippen molar-refractivity contribution in [2.24, 2.45) is 11.1 Å². The first kappa shape index (κ1) is 17.0. The molecule has 1 amide bonds. The lowest BCUT2D eigenvalue weighted by molar-refractivity contribution is 0.0693. The Kier molecular flexibility index (Phi) is 6.55. The van der Waals surface area contributed by atoms with E-state index in [1.807, 2.05) is 4.90 Å². The third-order valence-corrected chi connectivity index (χ3v) is 3.95. The molecule has 2 N–H and O–H groups in total. The summed E-state index contributed by atoms with van der Waals surface area (Å²) >= 11 is 1.20. The van der Waals surface area contributed by atoms with Crippen LogP contribution < -0.4 is 5.73 Å². The van der Waals surface area contributed by atoms with Crippen LogP contribution in [0.1, 0.15) is 55.9 Å². The number of amides is 1. The fourth-order valence-electron chi connectivity index (χ4n) is 2.02. The van der Waals surface area contributed by atoms with E-state index in [0.717, 1.165) is 31.5 Å². The number of carbonyl (C=O) groups is 1. The topological polar surface area (TPSA) is 72.1 Å². The Balaban J connectivity index is 2.90. The van der Waals surface area contributed by atoms with Gasteiger partial charge in [0.15, 0.2) is 0 Å². The zero-order valence-electron chi connectivity index (χ0n) is 13.0. The maximum Gasteiger partial charge on any atom is 0.267 e. The molecule has 0 aromatic carbocycles. The van der Waals surface area contributed by atoms with Crippen molar-refractivity contribution in [1.29, 1.82) is 0 Å². The second-order valence-corrected chi connectivity index (χ2v) is 6.65. The highest BCUT2D eigenvalue weighted by Crippen LogP contribution is 2.20. The third-order valence-electron chi connectivity index (χ3n) is 3.19. The van der Waals surface area contributed by atoms with Gasteiger partial charge in [-0.1, -0.05) is 38.6 Å². The van der Waals surface area contributed by atoms with Gasteiger partial charge in [-0.3, -0.25) is 4.79 Å². The Morgan fingerprint density at radius 2 is 2.05 bits per heavy atom. The molecule has 0 aliphatic rings. The highest BCUT2D eigenvalue weighted by Gasteiger charge is 2.27. The smallest absolute Gasteiger partial charge is 0.267 e. The molecule has 20 heavy (non-hydrogen) atoms. The summed E-state index contributed by atoms with van der Waals surface area (Å²) in [5, 5.41) is 4.08. The summed E-state index contributed by atoms with van der Waals surface area (Å²) in [6.45, 7) is 10.3. The standard InChI is InChI=1S/C14H26N4OS/c1-5-7-11-12(20-17-16-11)13(19)18(8-6-2)10-14(3,4)9-15/h5-10,15H2,1-4H3. The largest absolute Gasteiger partial charge is 0.337 e. The lowest BCUT2D eigenvalue weighted by atomic mass is 9.93. The third kappa shape index (κ3) is 4.52. The first-order valence-electron chi connectivity index (χ1n) is 7.25. The number of hydrogen-bond acceptors (Lipinski definition) is 5. The maximum absolute atomic E-state index is 12.7. The van der Waals surface area contributed by atoms with Crippen molar-refractivity contribution in [1.82, 2.24) is 14.5 Å². The van der Waals surface area contributed by atoms with Crippen LogP contribution in [-0.4, -0.2) is 40.0 Å². The van der Waals surface area contributed by atoms with Crippen LogP contribution >= 0.6 is 11.5 Å². The number of hydrogen-bond donors (Lipinski definition) is 1.